The molecule has 3 nitrogen and oxygen atoms in total. The monoisotopic (exact) mass is 198 g/mol. The number of carbonyl (C=O) groups is 1. The van der Waals surface area contributed by atoms with Crippen molar-refractivity contribution < 1.29 is 4.79 Å². The van der Waals surface area contributed by atoms with Crippen molar-refractivity contribution in [2.75, 3.05) is 13.1 Å². The van der Waals surface area contributed by atoms with Gasteiger partial charge >= 0.3 is 0 Å². The molecule has 0 bridgehead atoms. The normalized spacial score (nSPS) is 21.1. The van der Waals surface area contributed by atoms with Crippen LogP contribution in [0.15, 0.2) is 0 Å². The predicted molar refractivity (Wildman–Crippen MR) is 57.8 cm³/mol. The van der Waals surface area contributed by atoms with E-state index in [0.29, 0.717) is 12.5 Å². The summed E-state index contributed by atoms with van der Waals surface area (Å²) >= 11 is 0. The topological polar surface area (TPSA) is 55.1 Å². The Morgan fingerprint density at radius 2 is 2.21 bits per heavy atom. The number of nitrogens with one attached hydrogen (secondary N) is 1. The van der Waals surface area contributed by atoms with Gasteiger partial charge in [-0.2, -0.15) is 0 Å². The van der Waals surface area contributed by atoms with Gasteiger partial charge in [0.05, 0.1) is 5.41 Å². The largest absolute Gasteiger partial charge is 0.355 e. The van der Waals surface area contributed by atoms with Gasteiger partial charge < -0.3 is 11.1 Å². The second kappa shape index (κ2) is 4.78. The molecule has 1 saturated carbocycles. The highest BCUT2D eigenvalue weighted by atomic mass is 16.2. The molecule has 0 aromatic heterocycles. The quantitative estimate of drug-likeness (QED) is 0.699. The number of carbonyl (C=O) groups excluding carboxylic acids is 1. The van der Waals surface area contributed by atoms with Crippen molar-refractivity contribution in [2.45, 2.75) is 39.5 Å². The van der Waals surface area contributed by atoms with Gasteiger partial charge in [0.2, 0.25) is 5.91 Å². The molecule has 1 unspecified atom stereocenters. The van der Waals surface area contributed by atoms with Crippen LogP contribution in [0, 0.1) is 11.3 Å². The molecule has 0 aromatic carbocycles. The van der Waals surface area contributed by atoms with Crippen LogP contribution >= 0.6 is 0 Å². The van der Waals surface area contributed by atoms with E-state index in [-0.39, 0.29) is 11.3 Å². The maximum atomic E-state index is 11.8. The first-order valence-corrected chi connectivity index (χ1v) is 5.63. The average molecular weight is 198 g/mol. The molecule has 1 amide bonds. The van der Waals surface area contributed by atoms with Crippen molar-refractivity contribution in [2.24, 2.45) is 17.1 Å². The fraction of sp³-hybridized carbons (Fsp3) is 0.909. The van der Waals surface area contributed by atoms with Crippen molar-refractivity contribution in [1.29, 1.82) is 0 Å². The van der Waals surface area contributed by atoms with Gasteiger partial charge in [-0.15, -0.1) is 0 Å². The Labute approximate surface area is 86.4 Å². The first-order chi connectivity index (χ1) is 6.64. The van der Waals surface area contributed by atoms with Crippen molar-refractivity contribution in [3.05, 3.63) is 0 Å². The number of nitrogens with two attached hydrogens (primary N) is 1. The molecule has 1 aliphatic carbocycles. The number of rotatable bonds is 5. The first-order valence-electron chi connectivity index (χ1n) is 5.63. The second-order valence-electron chi connectivity index (χ2n) is 4.56. The molecule has 0 radical (unpaired) electrons. The molecule has 1 fully saturated rings. The van der Waals surface area contributed by atoms with Gasteiger partial charge in [0.15, 0.2) is 0 Å². The predicted octanol–water partition coefficient (Wildman–Crippen LogP) is 1.28. The summed E-state index contributed by atoms with van der Waals surface area (Å²) in [6, 6.07) is 0. The Morgan fingerprint density at radius 3 is 2.57 bits per heavy atom. The van der Waals surface area contributed by atoms with E-state index in [4.69, 9.17) is 5.73 Å². The lowest BCUT2D eigenvalue weighted by Crippen LogP contribution is -2.51. The second-order valence-corrected chi connectivity index (χ2v) is 4.56. The first kappa shape index (κ1) is 11.5. The van der Waals surface area contributed by atoms with Crippen LogP contribution in [0.25, 0.3) is 0 Å². The maximum Gasteiger partial charge on any atom is 0.227 e. The number of hydrogen-bond donors (Lipinski definition) is 2. The molecule has 82 valence electrons. The summed E-state index contributed by atoms with van der Waals surface area (Å²) in [4.78, 5) is 11.8. The maximum absolute atomic E-state index is 11.8. The third-order valence-electron chi connectivity index (χ3n) is 3.49. The summed E-state index contributed by atoms with van der Waals surface area (Å²) in [5, 5.41) is 3.01. The molecule has 0 aliphatic heterocycles. The van der Waals surface area contributed by atoms with Gasteiger partial charge in [0.1, 0.15) is 0 Å². The Kier molecular flexibility index (Phi) is 3.93. The molecular weight excluding hydrogens is 176 g/mol. The summed E-state index contributed by atoms with van der Waals surface area (Å²) in [6.45, 7) is 5.57. The van der Waals surface area contributed by atoms with E-state index in [0.717, 1.165) is 32.2 Å². The van der Waals surface area contributed by atoms with Crippen LogP contribution in [0.1, 0.15) is 39.5 Å². The van der Waals surface area contributed by atoms with Crippen molar-refractivity contribution in [1.82, 2.24) is 5.32 Å². The van der Waals surface area contributed by atoms with Gasteiger partial charge in [-0.1, -0.05) is 26.7 Å². The molecule has 3 heteroatoms. The summed E-state index contributed by atoms with van der Waals surface area (Å²) in [5.41, 5.74) is 5.43. The van der Waals surface area contributed by atoms with Crippen LogP contribution < -0.4 is 11.1 Å². The Bertz CT molecular complexity index is 194. The Morgan fingerprint density at radius 1 is 1.57 bits per heavy atom. The van der Waals surface area contributed by atoms with Crippen LogP contribution in [-0.2, 0) is 4.79 Å². The average Bonchev–Trinajstić information content (AvgIpc) is 2.13. The zero-order valence-corrected chi connectivity index (χ0v) is 9.31. The van der Waals surface area contributed by atoms with E-state index >= 15 is 0 Å². The van der Waals surface area contributed by atoms with E-state index in [1.807, 2.05) is 0 Å². The summed E-state index contributed by atoms with van der Waals surface area (Å²) in [7, 11) is 0. The van der Waals surface area contributed by atoms with E-state index < -0.39 is 0 Å². The highest BCUT2D eigenvalue weighted by Crippen LogP contribution is 2.39. The minimum Gasteiger partial charge on any atom is -0.355 e. The van der Waals surface area contributed by atoms with Gasteiger partial charge in [0.25, 0.3) is 0 Å². The van der Waals surface area contributed by atoms with Crippen molar-refractivity contribution in [3.8, 4) is 0 Å². The summed E-state index contributed by atoms with van der Waals surface area (Å²) in [6.07, 6.45) is 4.19. The van der Waals surface area contributed by atoms with Gasteiger partial charge in [-0.05, 0) is 18.8 Å². The zero-order valence-electron chi connectivity index (χ0n) is 9.31. The Hall–Kier alpha value is -0.570. The van der Waals surface area contributed by atoms with Crippen LogP contribution in [-0.4, -0.2) is 19.0 Å². The van der Waals surface area contributed by atoms with Crippen molar-refractivity contribution in [3.63, 3.8) is 0 Å². The molecule has 0 spiro atoms. The Balaban J connectivity index is 2.34. The van der Waals surface area contributed by atoms with Crippen LogP contribution in [0.3, 0.4) is 0 Å². The van der Waals surface area contributed by atoms with Gasteiger partial charge in [-0.3, -0.25) is 4.79 Å². The fourth-order valence-electron chi connectivity index (χ4n) is 1.73. The summed E-state index contributed by atoms with van der Waals surface area (Å²) < 4.78 is 0. The molecule has 0 aromatic rings. The van der Waals surface area contributed by atoms with Gasteiger partial charge in [-0.25, -0.2) is 0 Å². The third kappa shape index (κ3) is 2.27. The molecular formula is C11H22N2O. The lowest BCUT2D eigenvalue weighted by molar-refractivity contribution is -0.135. The third-order valence-corrected chi connectivity index (χ3v) is 3.49. The number of amides is 1. The molecule has 3 N–H and O–H groups in total. The number of hydrogen-bond acceptors (Lipinski definition) is 2. The lowest BCUT2D eigenvalue weighted by Gasteiger charge is -2.39. The van der Waals surface area contributed by atoms with E-state index in [1.54, 1.807) is 0 Å². The minimum atomic E-state index is -0.215. The zero-order chi connectivity index (χ0) is 10.6. The van der Waals surface area contributed by atoms with Crippen LogP contribution in [0.4, 0.5) is 0 Å². The molecule has 1 atom stereocenters. The van der Waals surface area contributed by atoms with Gasteiger partial charge in [0, 0.05) is 13.1 Å². The van der Waals surface area contributed by atoms with Crippen LogP contribution in [0.2, 0.25) is 0 Å². The van der Waals surface area contributed by atoms with E-state index in [2.05, 4.69) is 19.2 Å². The van der Waals surface area contributed by atoms with E-state index in [1.165, 1.54) is 0 Å². The molecule has 0 saturated heterocycles. The molecule has 14 heavy (non-hydrogen) atoms. The molecule has 1 rings (SSSR count). The standard InChI is InChI=1S/C11H22N2O/c1-3-9(2)7-13-10(14)11(8-12)5-4-6-11/h9H,3-8,12H2,1-2H3,(H,13,14). The SMILES string of the molecule is CCC(C)CNC(=O)C1(CN)CCC1. The highest BCUT2D eigenvalue weighted by molar-refractivity contribution is 5.83. The highest BCUT2D eigenvalue weighted by Gasteiger charge is 2.42. The lowest BCUT2D eigenvalue weighted by atomic mass is 9.68. The minimum absolute atomic E-state index is 0.173. The molecule has 1 aliphatic rings. The fourth-order valence-corrected chi connectivity index (χ4v) is 1.73. The molecule has 0 heterocycles. The summed E-state index contributed by atoms with van der Waals surface area (Å²) in [5.74, 6) is 0.736. The van der Waals surface area contributed by atoms with Crippen molar-refractivity contribution >= 4 is 5.91 Å². The smallest absolute Gasteiger partial charge is 0.227 e. The van der Waals surface area contributed by atoms with Crippen LogP contribution in [0.5, 0.6) is 0 Å². The van der Waals surface area contributed by atoms with E-state index in [9.17, 15) is 4.79 Å².